The van der Waals surface area contributed by atoms with Gasteiger partial charge in [0.2, 0.25) is 0 Å². The first-order valence-corrected chi connectivity index (χ1v) is 4.96. The lowest BCUT2D eigenvalue weighted by Gasteiger charge is -1.90. The van der Waals surface area contributed by atoms with Crippen LogP contribution in [0.15, 0.2) is 12.5 Å². The fourth-order valence-electron chi connectivity index (χ4n) is 0.805. The van der Waals surface area contributed by atoms with Crippen molar-refractivity contribution < 1.29 is 0 Å². The molecule has 3 heteroatoms. The van der Waals surface area contributed by atoms with E-state index in [9.17, 15) is 0 Å². The molecule has 0 radical (unpaired) electrons. The number of alkyl halides is 1. The Balaban J connectivity index is 2.59. The zero-order chi connectivity index (χ0) is 7.40. The quantitative estimate of drug-likeness (QED) is 0.591. The second-order valence-electron chi connectivity index (χ2n) is 2.13. The van der Waals surface area contributed by atoms with E-state index in [0.717, 1.165) is 17.4 Å². The number of aromatic nitrogens is 2. The summed E-state index contributed by atoms with van der Waals surface area (Å²) in [6.07, 6.45) is 5.09. The molecule has 0 atom stereocenters. The van der Waals surface area contributed by atoms with Gasteiger partial charge in [-0.05, 0) is 6.92 Å². The van der Waals surface area contributed by atoms with Gasteiger partial charge in [0.1, 0.15) is 0 Å². The predicted molar refractivity (Wildman–Crippen MR) is 50.5 cm³/mol. The summed E-state index contributed by atoms with van der Waals surface area (Å²) in [5, 5.41) is 0. The molecular weight excluding hydrogens is 239 g/mol. The molecule has 0 spiro atoms. The zero-order valence-corrected chi connectivity index (χ0v) is 8.21. The number of aryl methyl sites for hydroxylation is 2. The van der Waals surface area contributed by atoms with Gasteiger partial charge >= 0.3 is 0 Å². The van der Waals surface area contributed by atoms with E-state index in [1.54, 1.807) is 0 Å². The van der Waals surface area contributed by atoms with Crippen molar-refractivity contribution in [1.82, 2.24) is 9.55 Å². The second-order valence-corrected chi connectivity index (χ2v) is 3.21. The zero-order valence-electron chi connectivity index (χ0n) is 6.05. The van der Waals surface area contributed by atoms with Crippen LogP contribution in [0.5, 0.6) is 0 Å². The Labute approximate surface area is 74.8 Å². The van der Waals surface area contributed by atoms with E-state index in [1.807, 2.05) is 6.33 Å². The normalized spacial score (nSPS) is 10.2. The van der Waals surface area contributed by atoms with Crippen molar-refractivity contribution >= 4 is 22.6 Å². The monoisotopic (exact) mass is 250 g/mol. The second kappa shape index (κ2) is 3.95. The van der Waals surface area contributed by atoms with Gasteiger partial charge in [-0.2, -0.15) is 0 Å². The third-order valence-corrected chi connectivity index (χ3v) is 1.94. The van der Waals surface area contributed by atoms with E-state index in [0.29, 0.717) is 0 Å². The van der Waals surface area contributed by atoms with Gasteiger partial charge in [-0.1, -0.05) is 22.6 Å². The molecule has 0 aromatic carbocycles. The Morgan fingerprint density at radius 1 is 1.70 bits per heavy atom. The molecule has 1 aromatic heterocycles. The van der Waals surface area contributed by atoms with Crippen LogP contribution >= 0.6 is 22.6 Å². The van der Waals surface area contributed by atoms with Crippen LogP contribution in [0.4, 0.5) is 0 Å². The number of hydrogen-bond donors (Lipinski definition) is 0. The molecule has 0 saturated heterocycles. The average Bonchev–Trinajstić information content (AvgIpc) is 2.37. The Morgan fingerprint density at radius 3 is 3.00 bits per heavy atom. The molecule has 0 N–H and O–H groups in total. The van der Waals surface area contributed by atoms with E-state index < -0.39 is 0 Å². The molecule has 0 bridgehead atoms. The van der Waals surface area contributed by atoms with Crippen molar-refractivity contribution in [2.45, 2.75) is 19.9 Å². The average molecular weight is 250 g/mol. The first-order chi connectivity index (χ1) is 4.86. The number of rotatable bonds is 3. The van der Waals surface area contributed by atoms with Gasteiger partial charge in [0.15, 0.2) is 0 Å². The maximum atomic E-state index is 4.23. The lowest BCUT2D eigenvalue weighted by molar-refractivity contribution is 0.760. The van der Waals surface area contributed by atoms with E-state index in [1.165, 1.54) is 5.69 Å². The molecule has 0 fully saturated rings. The molecule has 0 amide bonds. The van der Waals surface area contributed by atoms with Gasteiger partial charge in [-0.3, -0.25) is 0 Å². The third-order valence-electron chi connectivity index (χ3n) is 1.40. The largest absolute Gasteiger partial charge is 0.337 e. The Bertz CT molecular complexity index is 195. The smallest absolute Gasteiger partial charge is 0.0949 e. The Hall–Kier alpha value is -0.0600. The van der Waals surface area contributed by atoms with Gasteiger partial charge in [0.25, 0.3) is 0 Å². The number of halogens is 1. The van der Waals surface area contributed by atoms with Gasteiger partial charge < -0.3 is 4.57 Å². The van der Waals surface area contributed by atoms with Gasteiger partial charge in [-0.15, -0.1) is 0 Å². The summed E-state index contributed by atoms with van der Waals surface area (Å²) in [5.74, 6) is 0. The van der Waals surface area contributed by atoms with Crippen molar-refractivity contribution in [3.63, 3.8) is 0 Å². The molecule has 0 unspecified atom stereocenters. The molecule has 1 aromatic rings. The van der Waals surface area contributed by atoms with Crippen LogP contribution in [0.1, 0.15) is 12.6 Å². The maximum absolute atomic E-state index is 4.23. The summed E-state index contributed by atoms with van der Waals surface area (Å²) in [7, 11) is 0. The van der Waals surface area contributed by atoms with Crippen LogP contribution in [0.25, 0.3) is 0 Å². The first-order valence-electron chi connectivity index (χ1n) is 3.43. The van der Waals surface area contributed by atoms with Crippen LogP contribution in [0.2, 0.25) is 0 Å². The summed E-state index contributed by atoms with van der Waals surface area (Å²) in [6, 6.07) is 0. The van der Waals surface area contributed by atoms with Crippen molar-refractivity contribution in [3.05, 3.63) is 18.2 Å². The van der Waals surface area contributed by atoms with Crippen LogP contribution in [0, 0.1) is 0 Å². The molecule has 0 aliphatic rings. The molecule has 0 saturated carbocycles. The van der Waals surface area contributed by atoms with Gasteiger partial charge in [0, 0.05) is 23.6 Å². The highest BCUT2D eigenvalue weighted by Gasteiger charge is 1.94. The third kappa shape index (κ3) is 1.97. The number of imidazole rings is 1. The summed E-state index contributed by atoms with van der Waals surface area (Å²) in [6.45, 7) is 3.14. The first kappa shape index (κ1) is 8.04. The topological polar surface area (TPSA) is 17.8 Å². The summed E-state index contributed by atoms with van der Waals surface area (Å²) in [4.78, 5) is 4.23. The van der Waals surface area contributed by atoms with Gasteiger partial charge in [-0.25, -0.2) is 4.98 Å². The van der Waals surface area contributed by atoms with Crippen molar-refractivity contribution in [3.8, 4) is 0 Å². The minimum Gasteiger partial charge on any atom is -0.337 e. The van der Waals surface area contributed by atoms with Crippen LogP contribution < -0.4 is 0 Å². The van der Waals surface area contributed by atoms with Crippen LogP contribution in [-0.2, 0) is 13.0 Å². The SMILES string of the molecule is CCn1cnc(CCI)c1. The fraction of sp³-hybridized carbons (Fsp3) is 0.571. The Kier molecular flexibility index (Phi) is 3.18. The van der Waals surface area contributed by atoms with E-state index in [2.05, 4.69) is 45.3 Å². The molecule has 0 aliphatic heterocycles. The van der Waals surface area contributed by atoms with Crippen LogP contribution in [-0.4, -0.2) is 14.0 Å². The highest BCUT2D eigenvalue weighted by molar-refractivity contribution is 14.1. The fourth-order valence-corrected chi connectivity index (χ4v) is 1.36. The highest BCUT2D eigenvalue weighted by atomic mass is 127. The predicted octanol–water partition coefficient (Wildman–Crippen LogP) is 1.88. The standard InChI is InChI=1S/C7H11IN2/c1-2-10-5-7(3-4-8)9-6-10/h5-6H,2-4H2,1H3. The van der Waals surface area contributed by atoms with Gasteiger partial charge in [0.05, 0.1) is 12.0 Å². The minimum absolute atomic E-state index is 1.02. The molecular formula is C7H11IN2. The lowest BCUT2D eigenvalue weighted by atomic mass is 10.4. The lowest BCUT2D eigenvalue weighted by Crippen LogP contribution is -1.88. The van der Waals surface area contributed by atoms with E-state index >= 15 is 0 Å². The minimum atomic E-state index is 1.02. The number of hydrogen-bond acceptors (Lipinski definition) is 1. The number of nitrogens with zero attached hydrogens (tertiary/aromatic N) is 2. The molecule has 1 heterocycles. The molecule has 1 rings (SSSR count). The van der Waals surface area contributed by atoms with Crippen molar-refractivity contribution in [1.29, 1.82) is 0 Å². The van der Waals surface area contributed by atoms with E-state index in [4.69, 9.17) is 0 Å². The summed E-state index contributed by atoms with van der Waals surface area (Å²) < 4.78 is 3.25. The maximum Gasteiger partial charge on any atom is 0.0949 e. The highest BCUT2D eigenvalue weighted by Crippen LogP contribution is 1.98. The van der Waals surface area contributed by atoms with E-state index in [-0.39, 0.29) is 0 Å². The van der Waals surface area contributed by atoms with Crippen molar-refractivity contribution in [2.24, 2.45) is 0 Å². The molecule has 2 nitrogen and oxygen atoms in total. The summed E-state index contributed by atoms with van der Waals surface area (Å²) in [5.41, 5.74) is 1.20. The summed E-state index contributed by atoms with van der Waals surface area (Å²) >= 11 is 2.36. The molecule has 10 heavy (non-hydrogen) atoms. The molecule has 56 valence electrons. The Morgan fingerprint density at radius 2 is 2.50 bits per heavy atom. The van der Waals surface area contributed by atoms with Crippen molar-refractivity contribution in [2.75, 3.05) is 4.43 Å². The van der Waals surface area contributed by atoms with Crippen LogP contribution in [0.3, 0.4) is 0 Å². The molecule has 0 aliphatic carbocycles.